The van der Waals surface area contributed by atoms with Gasteiger partial charge in [-0.15, -0.1) is 0 Å². The predicted molar refractivity (Wildman–Crippen MR) is 134 cm³/mol. The summed E-state index contributed by atoms with van der Waals surface area (Å²) in [7, 11) is 0. The van der Waals surface area contributed by atoms with Gasteiger partial charge in [-0.05, 0) is 29.3 Å². The molecule has 4 aromatic rings. The van der Waals surface area contributed by atoms with Crippen molar-refractivity contribution in [3.63, 3.8) is 0 Å². The number of carbonyl (C=O) groups excluding carboxylic acids is 1. The first-order valence-corrected chi connectivity index (χ1v) is 11.9. The lowest BCUT2D eigenvalue weighted by Gasteiger charge is -2.34. The van der Waals surface area contributed by atoms with Crippen molar-refractivity contribution in [2.24, 2.45) is 0 Å². The van der Waals surface area contributed by atoms with E-state index < -0.39 is 0 Å². The average molecular weight is 455 g/mol. The highest BCUT2D eigenvalue weighted by molar-refractivity contribution is 5.97. The SMILES string of the molecule is O=C(NCCN1CCN(Cc2ccccc2)CC1)c1ccc2nc(Cc3ccccc3)oc2c1. The molecule has 0 saturated carbocycles. The molecule has 1 amide bonds. The zero-order chi connectivity index (χ0) is 23.2. The van der Waals surface area contributed by atoms with Gasteiger partial charge in [-0.2, -0.15) is 0 Å². The Morgan fingerprint density at radius 2 is 1.53 bits per heavy atom. The highest BCUT2D eigenvalue weighted by Gasteiger charge is 2.17. The topological polar surface area (TPSA) is 61.6 Å². The predicted octanol–water partition coefficient (Wildman–Crippen LogP) is 3.97. The summed E-state index contributed by atoms with van der Waals surface area (Å²) in [6.45, 7) is 6.64. The third-order valence-electron chi connectivity index (χ3n) is 6.32. The molecule has 0 bridgehead atoms. The third kappa shape index (κ3) is 5.71. The van der Waals surface area contributed by atoms with E-state index in [0.717, 1.165) is 50.3 Å². The van der Waals surface area contributed by atoms with Crippen molar-refractivity contribution >= 4 is 17.0 Å². The van der Waals surface area contributed by atoms with Crippen molar-refractivity contribution in [2.45, 2.75) is 13.0 Å². The molecule has 34 heavy (non-hydrogen) atoms. The van der Waals surface area contributed by atoms with Gasteiger partial charge in [0.1, 0.15) is 5.52 Å². The molecule has 3 aromatic carbocycles. The summed E-state index contributed by atoms with van der Waals surface area (Å²) in [5.41, 5.74) is 4.53. The molecule has 0 atom stereocenters. The number of carbonyl (C=O) groups is 1. The van der Waals surface area contributed by atoms with Crippen LogP contribution >= 0.6 is 0 Å². The van der Waals surface area contributed by atoms with E-state index in [1.807, 2.05) is 30.3 Å². The first-order chi connectivity index (χ1) is 16.7. The van der Waals surface area contributed by atoms with Gasteiger partial charge in [0.15, 0.2) is 11.5 Å². The lowest BCUT2D eigenvalue weighted by molar-refractivity contribution is 0.0934. The Labute approximate surface area is 200 Å². The Bertz CT molecular complexity index is 1220. The van der Waals surface area contributed by atoms with E-state index in [1.165, 1.54) is 5.56 Å². The van der Waals surface area contributed by atoms with Gasteiger partial charge >= 0.3 is 0 Å². The average Bonchev–Trinajstić information content (AvgIpc) is 3.28. The molecule has 1 aliphatic rings. The Hall–Kier alpha value is -3.48. The molecule has 1 saturated heterocycles. The van der Waals surface area contributed by atoms with Crippen LogP contribution in [-0.2, 0) is 13.0 Å². The van der Waals surface area contributed by atoms with Crippen molar-refractivity contribution in [3.8, 4) is 0 Å². The molecule has 1 aliphatic heterocycles. The number of nitrogens with one attached hydrogen (secondary N) is 1. The number of amides is 1. The Kier molecular flexibility index (Phi) is 6.98. The van der Waals surface area contributed by atoms with Crippen molar-refractivity contribution in [2.75, 3.05) is 39.3 Å². The molecule has 0 radical (unpaired) electrons. The standard InChI is InChI=1S/C28H30N4O2/c33-28(29-13-14-31-15-17-32(18-16-31)21-23-9-5-2-6-10-23)24-11-12-25-26(20-24)34-27(30-25)19-22-7-3-1-4-8-22/h1-12,20H,13-19,21H2,(H,29,33). The molecule has 6 nitrogen and oxygen atoms in total. The zero-order valence-corrected chi connectivity index (χ0v) is 19.3. The lowest BCUT2D eigenvalue weighted by Crippen LogP contribution is -2.48. The summed E-state index contributed by atoms with van der Waals surface area (Å²) < 4.78 is 5.91. The fourth-order valence-corrected chi connectivity index (χ4v) is 4.40. The van der Waals surface area contributed by atoms with Crippen molar-refractivity contribution < 1.29 is 9.21 Å². The molecule has 174 valence electrons. The maximum atomic E-state index is 12.7. The van der Waals surface area contributed by atoms with Crippen LogP contribution < -0.4 is 5.32 Å². The fourth-order valence-electron chi connectivity index (χ4n) is 4.40. The summed E-state index contributed by atoms with van der Waals surface area (Å²) in [5, 5.41) is 3.05. The fraction of sp³-hybridized carbons (Fsp3) is 0.286. The molecule has 1 fully saturated rings. The third-order valence-corrected chi connectivity index (χ3v) is 6.32. The van der Waals surface area contributed by atoms with Crippen LogP contribution in [0.1, 0.15) is 27.4 Å². The van der Waals surface area contributed by atoms with Crippen LogP contribution in [0.25, 0.3) is 11.1 Å². The molecular weight excluding hydrogens is 424 g/mol. The molecule has 0 unspecified atom stereocenters. The summed E-state index contributed by atoms with van der Waals surface area (Å²) in [4.78, 5) is 22.1. The summed E-state index contributed by atoms with van der Waals surface area (Å²) in [6, 6.07) is 26.2. The monoisotopic (exact) mass is 454 g/mol. The maximum absolute atomic E-state index is 12.7. The smallest absolute Gasteiger partial charge is 0.251 e. The van der Waals surface area contributed by atoms with Crippen LogP contribution in [0.5, 0.6) is 0 Å². The van der Waals surface area contributed by atoms with Gasteiger partial charge in [-0.3, -0.25) is 14.6 Å². The van der Waals surface area contributed by atoms with Crippen LogP contribution in [-0.4, -0.2) is 60.0 Å². The molecule has 2 heterocycles. The number of piperazine rings is 1. The second kappa shape index (κ2) is 10.6. The number of aromatic nitrogens is 1. The van der Waals surface area contributed by atoms with Gasteiger partial charge < -0.3 is 9.73 Å². The van der Waals surface area contributed by atoms with E-state index in [9.17, 15) is 4.79 Å². The van der Waals surface area contributed by atoms with Gasteiger partial charge in [-0.25, -0.2) is 4.98 Å². The van der Waals surface area contributed by atoms with E-state index in [1.54, 1.807) is 6.07 Å². The number of fused-ring (bicyclic) bond motifs is 1. The Balaban J connectivity index is 1.08. The van der Waals surface area contributed by atoms with Crippen molar-refractivity contribution in [1.29, 1.82) is 0 Å². The van der Waals surface area contributed by atoms with Crippen LogP contribution in [0.15, 0.2) is 83.3 Å². The van der Waals surface area contributed by atoms with Crippen molar-refractivity contribution in [3.05, 3.63) is 101 Å². The van der Waals surface area contributed by atoms with Gasteiger partial charge in [0.25, 0.3) is 5.91 Å². The summed E-state index contributed by atoms with van der Waals surface area (Å²) >= 11 is 0. The van der Waals surface area contributed by atoms with E-state index in [4.69, 9.17) is 4.42 Å². The van der Waals surface area contributed by atoms with E-state index in [-0.39, 0.29) is 5.91 Å². The van der Waals surface area contributed by atoms with Crippen LogP contribution in [0.2, 0.25) is 0 Å². The van der Waals surface area contributed by atoms with Crippen LogP contribution in [0, 0.1) is 0 Å². The molecule has 1 N–H and O–H groups in total. The van der Waals surface area contributed by atoms with Crippen LogP contribution in [0.3, 0.4) is 0 Å². The quantitative estimate of drug-likeness (QED) is 0.437. The van der Waals surface area contributed by atoms with E-state index in [0.29, 0.717) is 30.0 Å². The molecule has 1 aromatic heterocycles. The molecule has 5 rings (SSSR count). The van der Waals surface area contributed by atoms with Gasteiger partial charge in [0.2, 0.25) is 0 Å². The second-order valence-corrected chi connectivity index (χ2v) is 8.81. The van der Waals surface area contributed by atoms with E-state index in [2.05, 4.69) is 62.6 Å². The summed E-state index contributed by atoms with van der Waals surface area (Å²) in [6.07, 6.45) is 0.635. The summed E-state index contributed by atoms with van der Waals surface area (Å²) in [5.74, 6) is 0.579. The zero-order valence-electron chi connectivity index (χ0n) is 19.3. The number of nitrogens with zero attached hydrogens (tertiary/aromatic N) is 3. The van der Waals surface area contributed by atoms with Crippen molar-refractivity contribution in [1.82, 2.24) is 20.1 Å². The highest BCUT2D eigenvalue weighted by Crippen LogP contribution is 2.19. The number of hydrogen-bond donors (Lipinski definition) is 1. The largest absolute Gasteiger partial charge is 0.440 e. The Morgan fingerprint density at radius 3 is 2.26 bits per heavy atom. The minimum Gasteiger partial charge on any atom is -0.440 e. The molecule has 0 aliphatic carbocycles. The van der Waals surface area contributed by atoms with E-state index >= 15 is 0 Å². The highest BCUT2D eigenvalue weighted by atomic mass is 16.3. The Morgan fingerprint density at radius 1 is 0.853 bits per heavy atom. The van der Waals surface area contributed by atoms with Gasteiger partial charge in [0.05, 0.1) is 0 Å². The first kappa shape index (κ1) is 22.3. The number of oxazole rings is 1. The normalized spacial score (nSPS) is 14.9. The van der Waals surface area contributed by atoms with Crippen LogP contribution in [0.4, 0.5) is 0 Å². The number of hydrogen-bond acceptors (Lipinski definition) is 5. The molecule has 0 spiro atoms. The van der Waals surface area contributed by atoms with Gasteiger partial charge in [0, 0.05) is 57.8 Å². The lowest BCUT2D eigenvalue weighted by atomic mass is 10.1. The molecule has 6 heteroatoms. The number of benzene rings is 3. The molecular formula is C28H30N4O2. The minimum absolute atomic E-state index is 0.0781. The minimum atomic E-state index is -0.0781. The first-order valence-electron chi connectivity index (χ1n) is 11.9. The maximum Gasteiger partial charge on any atom is 0.251 e. The number of rotatable bonds is 8. The second-order valence-electron chi connectivity index (χ2n) is 8.81. The van der Waals surface area contributed by atoms with Gasteiger partial charge in [-0.1, -0.05) is 60.7 Å².